The van der Waals surface area contributed by atoms with Crippen LogP contribution in [0.4, 0.5) is 11.8 Å². The number of nitrogens with zero attached hydrogens (tertiary/aromatic N) is 4. The van der Waals surface area contributed by atoms with Gasteiger partial charge in [-0.15, -0.1) is 12.4 Å². The van der Waals surface area contributed by atoms with Crippen molar-refractivity contribution in [1.82, 2.24) is 14.9 Å². The Morgan fingerprint density at radius 3 is 2.33 bits per heavy atom. The summed E-state index contributed by atoms with van der Waals surface area (Å²) in [4.78, 5) is 25.3. The van der Waals surface area contributed by atoms with Crippen molar-refractivity contribution in [2.75, 3.05) is 59.1 Å². The SMILES string of the molecule is COc1cccc(C(=O)N(C)CCCN(C)c2nc(N)c3cc(OC)c(OC)cc3n2)c1.Cl. The number of methoxy groups -OCH3 is 3. The minimum absolute atomic E-state index is 0. The number of hydrogen-bond donors (Lipinski definition) is 1. The number of halogens is 1. The van der Waals surface area contributed by atoms with Crippen molar-refractivity contribution < 1.29 is 19.0 Å². The van der Waals surface area contributed by atoms with Crippen LogP contribution in [-0.4, -0.2) is 69.3 Å². The van der Waals surface area contributed by atoms with E-state index in [1.807, 2.05) is 18.0 Å². The van der Waals surface area contributed by atoms with Crippen molar-refractivity contribution in [3.63, 3.8) is 0 Å². The van der Waals surface area contributed by atoms with Gasteiger partial charge in [0.05, 0.1) is 26.8 Å². The van der Waals surface area contributed by atoms with Gasteiger partial charge in [0, 0.05) is 44.2 Å². The van der Waals surface area contributed by atoms with Gasteiger partial charge in [0.2, 0.25) is 5.95 Å². The number of carbonyl (C=O) groups is 1. The van der Waals surface area contributed by atoms with Gasteiger partial charge in [-0.2, -0.15) is 4.98 Å². The lowest BCUT2D eigenvalue weighted by Crippen LogP contribution is -2.31. The Hall–Kier alpha value is -3.46. The average Bonchev–Trinajstić information content (AvgIpc) is 2.82. The molecule has 1 amide bonds. The van der Waals surface area contributed by atoms with Gasteiger partial charge in [0.1, 0.15) is 11.6 Å². The fourth-order valence-corrected chi connectivity index (χ4v) is 3.36. The molecular weight excluding hydrogens is 446 g/mol. The Bertz CT molecular complexity index is 1110. The summed E-state index contributed by atoms with van der Waals surface area (Å²) in [5.41, 5.74) is 7.44. The van der Waals surface area contributed by atoms with E-state index in [2.05, 4.69) is 9.97 Å². The van der Waals surface area contributed by atoms with E-state index in [9.17, 15) is 4.79 Å². The van der Waals surface area contributed by atoms with Crippen LogP contribution in [0.5, 0.6) is 17.2 Å². The normalized spacial score (nSPS) is 10.3. The lowest BCUT2D eigenvalue weighted by Gasteiger charge is -2.21. The number of carbonyl (C=O) groups excluding carboxylic acids is 1. The van der Waals surface area contributed by atoms with Crippen molar-refractivity contribution in [2.45, 2.75) is 6.42 Å². The third kappa shape index (κ3) is 5.87. The summed E-state index contributed by atoms with van der Waals surface area (Å²) >= 11 is 0. The number of rotatable bonds is 9. The second kappa shape index (κ2) is 11.4. The third-order valence-corrected chi connectivity index (χ3v) is 5.21. The lowest BCUT2D eigenvalue weighted by molar-refractivity contribution is 0.0794. The van der Waals surface area contributed by atoms with Crippen LogP contribution in [0, 0.1) is 0 Å². The quantitative estimate of drug-likeness (QED) is 0.503. The lowest BCUT2D eigenvalue weighted by atomic mass is 10.2. The molecule has 0 bridgehead atoms. The van der Waals surface area contributed by atoms with Crippen LogP contribution in [0.25, 0.3) is 10.9 Å². The molecule has 2 aromatic carbocycles. The summed E-state index contributed by atoms with van der Waals surface area (Å²) < 4.78 is 15.9. The largest absolute Gasteiger partial charge is 0.497 e. The van der Waals surface area contributed by atoms with Crippen molar-refractivity contribution in [3.8, 4) is 17.2 Å². The topological polar surface area (TPSA) is 103 Å². The summed E-state index contributed by atoms with van der Waals surface area (Å²) in [6.07, 6.45) is 0.732. The summed E-state index contributed by atoms with van der Waals surface area (Å²) in [5, 5.41) is 0.698. The van der Waals surface area contributed by atoms with E-state index in [1.54, 1.807) is 63.6 Å². The third-order valence-electron chi connectivity index (χ3n) is 5.21. The van der Waals surface area contributed by atoms with E-state index >= 15 is 0 Å². The molecule has 0 aliphatic heterocycles. The Kier molecular flexibility index (Phi) is 8.93. The maximum Gasteiger partial charge on any atom is 0.253 e. The number of ether oxygens (including phenoxy) is 3. The number of amides is 1. The number of benzene rings is 2. The Morgan fingerprint density at radius 1 is 0.970 bits per heavy atom. The first-order valence-corrected chi connectivity index (χ1v) is 10.2. The van der Waals surface area contributed by atoms with Crippen LogP contribution in [0.2, 0.25) is 0 Å². The van der Waals surface area contributed by atoms with Crippen molar-refractivity contribution in [2.24, 2.45) is 0 Å². The van der Waals surface area contributed by atoms with Crippen LogP contribution >= 0.6 is 12.4 Å². The highest BCUT2D eigenvalue weighted by Gasteiger charge is 2.15. The fraction of sp³-hybridized carbons (Fsp3) is 0.348. The second-order valence-corrected chi connectivity index (χ2v) is 7.37. The molecular formula is C23H30ClN5O4. The first-order chi connectivity index (χ1) is 15.4. The zero-order valence-electron chi connectivity index (χ0n) is 19.5. The standard InChI is InChI=1S/C23H29N5O4.ClH/c1-27(22(29)15-8-6-9-16(12-15)30-3)10-7-11-28(2)23-25-18-14-20(32-5)19(31-4)13-17(18)21(24)26-23;/h6,8-9,12-14H,7,10-11H2,1-5H3,(H2,24,25,26);1H. The van der Waals surface area contributed by atoms with E-state index in [-0.39, 0.29) is 18.3 Å². The molecule has 2 N–H and O–H groups in total. The second-order valence-electron chi connectivity index (χ2n) is 7.37. The van der Waals surface area contributed by atoms with Gasteiger partial charge in [0.15, 0.2) is 11.5 Å². The summed E-state index contributed by atoms with van der Waals surface area (Å²) in [6.45, 7) is 1.22. The molecule has 0 radical (unpaired) electrons. The van der Waals surface area contributed by atoms with Crippen LogP contribution in [0.15, 0.2) is 36.4 Å². The van der Waals surface area contributed by atoms with Gasteiger partial charge in [-0.25, -0.2) is 4.98 Å². The number of anilines is 2. The Morgan fingerprint density at radius 2 is 1.67 bits per heavy atom. The molecule has 0 spiro atoms. The van der Waals surface area contributed by atoms with Gasteiger partial charge in [0.25, 0.3) is 5.91 Å². The predicted octanol–water partition coefficient (Wildman–Crippen LogP) is 3.26. The molecule has 0 unspecified atom stereocenters. The molecule has 0 atom stereocenters. The Balaban J connectivity index is 0.00000385. The van der Waals surface area contributed by atoms with Gasteiger partial charge < -0.3 is 29.7 Å². The Labute approximate surface area is 199 Å². The van der Waals surface area contributed by atoms with E-state index < -0.39 is 0 Å². The van der Waals surface area contributed by atoms with Crippen molar-refractivity contribution in [3.05, 3.63) is 42.0 Å². The fourth-order valence-electron chi connectivity index (χ4n) is 3.36. The van der Waals surface area contributed by atoms with Gasteiger partial charge in [-0.1, -0.05) is 6.07 Å². The molecule has 10 heteroatoms. The summed E-state index contributed by atoms with van der Waals surface area (Å²) in [6, 6.07) is 10.7. The first-order valence-electron chi connectivity index (χ1n) is 10.2. The summed E-state index contributed by atoms with van der Waals surface area (Å²) in [5.74, 6) is 2.61. The van der Waals surface area contributed by atoms with Crippen LogP contribution in [0.1, 0.15) is 16.8 Å². The first kappa shape index (κ1) is 25.8. The molecule has 3 aromatic rings. The molecule has 1 heterocycles. The van der Waals surface area contributed by atoms with Crippen LogP contribution < -0.4 is 24.8 Å². The van der Waals surface area contributed by atoms with E-state index in [4.69, 9.17) is 19.9 Å². The maximum absolute atomic E-state index is 12.7. The molecule has 0 saturated heterocycles. The number of hydrogen-bond acceptors (Lipinski definition) is 8. The molecule has 0 aliphatic carbocycles. The maximum atomic E-state index is 12.7. The van der Waals surface area contributed by atoms with Crippen molar-refractivity contribution in [1.29, 1.82) is 0 Å². The average molecular weight is 476 g/mol. The van der Waals surface area contributed by atoms with E-state index in [1.165, 1.54) is 0 Å². The van der Waals surface area contributed by atoms with E-state index in [0.717, 1.165) is 6.42 Å². The molecule has 178 valence electrons. The molecule has 9 nitrogen and oxygen atoms in total. The zero-order chi connectivity index (χ0) is 23.3. The highest BCUT2D eigenvalue weighted by atomic mass is 35.5. The van der Waals surface area contributed by atoms with Crippen LogP contribution in [-0.2, 0) is 0 Å². The summed E-state index contributed by atoms with van der Waals surface area (Å²) in [7, 11) is 8.40. The molecule has 1 aromatic heterocycles. The zero-order valence-corrected chi connectivity index (χ0v) is 20.3. The monoisotopic (exact) mass is 475 g/mol. The number of fused-ring (bicyclic) bond motifs is 1. The highest BCUT2D eigenvalue weighted by molar-refractivity contribution is 5.94. The van der Waals surface area contributed by atoms with Crippen molar-refractivity contribution >= 4 is 41.0 Å². The minimum atomic E-state index is -0.0567. The number of aromatic nitrogens is 2. The molecule has 33 heavy (non-hydrogen) atoms. The van der Waals surface area contributed by atoms with Crippen LogP contribution in [0.3, 0.4) is 0 Å². The van der Waals surface area contributed by atoms with Gasteiger partial charge >= 0.3 is 0 Å². The minimum Gasteiger partial charge on any atom is -0.497 e. The number of nitrogens with two attached hydrogens (primary N) is 1. The predicted molar refractivity (Wildman–Crippen MR) is 132 cm³/mol. The number of nitrogen functional groups attached to an aromatic ring is 1. The highest BCUT2D eigenvalue weighted by Crippen LogP contribution is 2.34. The molecule has 3 rings (SSSR count). The molecule has 0 aliphatic rings. The molecule has 0 saturated carbocycles. The van der Waals surface area contributed by atoms with E-state index in [0.29, 0.717) is 58.6 Å². The van der Waals surface area contributed by atoms with Gasteiger partial charge in [-0.05, 0) is 30.7 Å². The smallest absolute Gasteiger partial charge is 0.253 e. The molecule has 0 fully saturated rings. The van der Waals surface area contributed by atoms with Gasteiger partial charge in [-0.3, -0.25) is 4.79 Å².